The predicted octanol–water partition coefficient (Wildman–Crippen LogP) is 2.07. The highest BCUT2D eigenvalue weighted by atomic mass is 16.6. The zero-order chi connectivity index (χ0) is 14.7. The van der Waals surface area contributed by atoms with E-state index in [1.165, 1.54) is 6.07 Å². The summed E-state index contributed by atoms with van der Waals surface area (Å²) in [7, 11) is 3.51. The van der Waals surface area contributed by atoms with Crippen molar-refractivity contribution in [3.63, 3.8) is 0 Å². The van der Waals surface area contributed by atoms with Gasteiger partial charge in [0.1, 0.15) is 5.82 Å². The van der Waals surface area contributed by atoms with Crippen molar-refractivity contribution in [2.45, 2.75) is 13.3 Å². The highest BCUT2D eigenvalue weighted by molar-refractivity contribution is 5.68. The number of nitrogens with zero attached hydrogens (tertiary/aromatic N) is 4. The largest absolute Gasteiger partial charge is 0.373 e. The van der Waals surface area contributed by atoms with E-state index >= 15 is 0 Å². The summed E-state index contributed by atoms with van der Waals surface area (Å²) in [4.78, 5) is 14.8. The molecule has 8 heteroatoms. The smallest absolute Gasteiger partial charge is 0.311 e. The minimum absolute atomic E-state index is 0.0742. The predicted molar refractivity (Wildman–Crippen MR) is 76.3 cm³/mol. The Morgan fingerprint density at radius 3 is 2.80 bits per heavy atom. The first-order valence-electron chi connectivity index (χ1n) is 6.18. The van der Waals surface area contributed by atoms with Gasteiger partial charge in [0.2, 0.25) is 5.82 Å². The van der Waals surface area contributed by atoms with Crippen molar-refractivity contribution in [3.8, 4) is 0 Å². The maximum absolute atomic E-state index is 11.1. The van der Waals surface area contributed by atoms with Crippen LogP contribution >= 0.6 is 0 Å². The van der Waals surface area contributed by atoms with Crippen molar-refractivity contribution < 1.29 is 4.92 Å². The van der Waals surface area contributed by atoms with Crippen molar-refractivity contribution in [2.24, 2.45) is 7.05 Å². The number of aromatic nitrogens is 3. The molecular formula is C12H16N6O2. The summed E-state index contributed by atoms with van der Waals surface area (Å²) in [5.41, 5.74) is 1.48. The molecule has 0 bridgehead atoms. The van der Waals surface area contributed by atoms with E-state index in [2.05, 4.69) is 20.7 Å². The number of nitrogens with one attached hydrogen (secondary N) is 2. The SMILES string of the molecule is CCc1nn(C)cc1Nc1nc(NC)ccc1[N+](=O)[O-]. The minimum atomic E-state index is -0.462. The fourth-order valence-electron chi connectivity index (χ4n) is 1.86. The van der Waals surface area contributed by atoms with Crippen LogP contribution in [0.4, 0.5) is 23.0 Å². The van der Waals surface area contributed by atoms with Crippen molar-refractivity contribution in [1.29, 1.82) is 0 Å². The Morgan fingerprint density at radius 2 is 2.20 bits per heavy atom. The molecule has 0 saturated heterocycles. The Labute approximate surface area is 116 Å². The molecule has 0 radical (unpaired) electrons. The number of rotatable bonds is 5. The van der Waals surface area contributed by atoms with E-state index in [1.807, 2.05) is 6.92 Å². The van der Waals surface area contributed by atoms with Gasteiger partial charge in [-0.3, -0.25) is 14.8 Å². The molecule has 0 aliphatic heterocycles. The first-order valence-corrected chi connectivity index (χ1v) is 6.18. The summed E-state index contributed by atoms with van der Waals surface area (Å²) in [6, 6.07) is 2.98. The van der Waals surface area contributed by atoms with E-state index in [0.29, 0.717) is 5.82 Å². The van der Waals surface area contributed by atoms with Gasteiger partial charge in [0.05, 0.1) is 16.3 Å². The van der Waals surface area contributed by atoms with Gasteiger partial charge in [-0.1, -0.05) is 6.92 Å². The molecule has 0 unspecified atom stereocenters. The van der Waals surface area contributed by atoms with Crippen LogP contribution in [0.1, 0.15) is 12.6 Å². The highest BCUT2D eigenvalue weighted by Crippen LogP contribution is 2.28. The van der Waals surface area contributed by atoms with Crippen molar-refractivity contribution in [3.05, 3.63) is 34.1 Å². The Morgan fingerprint density at radius 1 is 1.45 bits per heavy atom. The van der Waals surface area contributed by atoms with Gasteiger partial charge in [-0.25, -0.2) is 4.98 Å². The third-order valence-electron chi connectivity index (χ3n) is 2.82. The van der Waals surface area contributed by atoms with E-state index in [4.69, 9.17) is 0 Å². The molecule has 0 atom stereocenters. The van der Waals surface area contributed by atoms with E-state index < -0.39 is 4.92 Å². The summed E-state index contributed by atoms with van der Waals surface area (Å²) in [5, 5.41) is 21.2. The molecule has 2 N–H and O–H groups in total. The van der Waals surface area contributed by atoms with E-state index in [0.717, 1.165) is 17.8 Å². The van der Waals surface area contributed by atoms with Crippen LogP contribution < -0.4 is 10.6 Å². The molecule has 2 rings (SSSR count). The molecule has 0 aliphatic carbocycles. The van der Waals surface area contributed by atoms with Crippen LogP contribution in [0.25, 0.3) is 0 Å². The molecule has 2 aromatic heterocycles. The molecule has 0 saturated carbocycles. The summed E-state index contributed by atoms with van der Waals surface area (Å²) >= 11 is 0. The number of hydrogen-bond donors (Lipinski definition) is 2. The van der Waals surface area contributed by atoms with Crippen LogP contribution in [0, 0.1) is 10.1 Å². The third-order valence-corrected chi connectivity index (χ3v) is 2.82. The Kier molecular flexibility index (Phi) is 3.83. The van der Waals surface area contributed by atoms with Gasteiger partial charge >= 0.3 is 5.69 Å². The van der Waals surface area contributed by atoms with Gasteiger partial charge in [-0.15, -0.1) is 0 Å². The first kappa shape index (κ1) is 13.8. The van der Waals surface area contributed by atoms with Crippen LogP contribution in [0.15, 0.2) is 18.3 Å². The molecule has 0 spiro atoms. The fraction of sp³-hybridized carbons (Fsp3) is 0.333. The van der Waals surface area contributed by atoms with Gasteiger partial charge in [0.15, 0.2) is 0 Å². The third kappa shape index (κ3) is 2.68. The van der Waals surface area contributed by atoms with Gasteiger partial charge in [-0.05, 0) is 12.5 Å². The molecule has 2 heterocycles. The van der Waals surface area contributed by atoms with Gasteiger partial charge in [-0.2, -0.15) is 5.10 Å². The van der Waals surface area contributed by atoms with Crippen LogP contribution in [0.3, 0.4) is 0 Å². The normalized spacial score (nSPS) is 10.3. The summed E-state index contributed by atoms with van der Waals surface area (Å²) < 4.78 is 1.66. The Bertz CT molecular complexity index is 637. The molecule has 8 nitrogen and oxygen atoms in total. The molecule has 0 amide bonds. The Hall–Kier alpha value is -2.64. The fourth-order valence-corrected chi connectivity index (χ4v) is 1.86. The van der Waals surface area contributed by atoms with Crippen LogP contribution in [0.2, 0.25) is 0 Å². The lowest BCUT2D eigenvalue weighted by molar-refractivity contribution is -0.384. The second-order valence-electron chi connectivity index (χ2n) is 4.21. The topological polar surface area (TPSA) is 97.9 Å². The van der Waals surface area contributed by atoms with E-state index in [9.17, 15) is 10.1 Å². The summed E-state index contributed by atoms with van der Waals surface area (Å²) in [6.07, 6.45) is 2.50. The standard InChI is InChI=1S/C12H16N6O2/c1-4-8-9(7-17(3)16-8)14-12-10(18(19)20)5-6-11(13-2)15-12/h5-7H,4H2,1-3H3,(H2,13,14,15). The molecule has 20 heavy (non-hydrogen) atoms. The minimum Gasteiger partial charge on any atom is -0.373 e. The lowest BCUT2D eigenvalue weighted by Gasteiger charge is -2.07. The molecule has 0 aliphatic rings. The van der Waals surface area contributed by atoms with Gasteiger partial charge in [0, 0.05) is 26.4 Å². The van der Waals surface area contributed by atoms with Crippen molar-refractivity contribution in [1.82, 2.24) is 14.8 Å². The molecule has 0 aromatic carbocycles. The summed E-state index contributed by atoms with van der Waals surface area (Å²) in [6.45, 7) is 1.97. The average molecular weight is 276 g/mol. The molecular weight excluding hydrogens is 260 g/mol. The second-order valence-corrected chi connectivity index (χ2v) is 4.21. The van der Waals surface area contributed by atoms with Gasteiger partial charge in [0.25, 0.3) is 0 Å². The van der Waals surface area contributed by atoms with E-state index in [1.54, 1.807) is 31.0 Å². The maximum atomic E-state index is 11.1. The van der Waals surface area contributed by atoms with Crippen molar-refractivity contribution in [2.75, 3.05) is 17.7 Å². The highest BCUT2D eigenvalue weighted by Gasteiger charge is 2.18. The number of pyridine rings is 1. The van der Waals surface area contributed by atoms with E-state index in [-0.39, 0.29) is 11.5 Å². The molecule has 106 valence electrons. The number of aryl methyl sites for hydroxylation is 2. The lowest BCUT2D eigenvalue weighted by Crippen LogP contribution is -2.03. The maximum Gasteiger partial charge on any atom is 0.311 e. The van der Waals surface area contributed by atoms with Crippen LogP contribution in [0.5, 0.6) is 0 Å². The molecule has 0 fully saturated rings. The second kappa shape index (κ2) is 5.55. The lowest BCUT2D eigenvalue weighted by atomic mass is 10.3. The number of anilines is 3. The zero-order valence-corrected chi connectivity index (χ0v) is 11.5. The molecule has 2 aromatic rings. The zero-order valence-electron chi connectivity index (χ0n) is 11.5. The van der Waals surface area contributed by atoms with Crippen molar-refractivity contribution >= 4 is 23.0 Å². The van der Waals surface area contributed by atoms with Gasteiger partial charge < -0.3 is 10.6 Å². The van der Waals surface area contributed by atoms with Crippen LogP contribution in [-0.2, 0) is 13.5 Å². The Balaban J connectivity index is 2.42. The average Bonchev–Trinajstić information content (AvgIpc) is 2.78. The monoisotopic (exact) mass is 276 g/mol. The number of hydrogen-bond acceptors (Lipinski definition) is 6. The number of nitro groups is 1. The van der Waals surface area contributed by atoms with Crippen LogP contribution in [-0.4, -0.2) is 26.7 Å². The first-order chi connectivity index (χ1) is 9.55. The summed E-state index contributed by atoms with van der Waals surface area (Å²) in [5.74, 6) is 0.754. The quantitative estimate of drug-likeness (QED) is 0.640.